The van der Waals surface area contributed by atoms with Crippen molar-refractivity contribution in [2.75, 3.05) is 6.54 Å². The maximum Gasteiger partial charge on any atom is 0.227 e. The average Bonchev–Trinajstić information content (AvgIpc) is 3.12. The van der Waals surface area contributed by atoms with Crippen LogP contribution in [0.25, 0.3) is 11.1 Å². The molecule has 3 aromatic rings. The number of amides is 1. The zero-order valence-corrected chi connectivity index (χ0v) is 16.5. The van der Waals surface area contributed by atoms with Crippen LogP contribution in [0.4, 0.5) is 0 Å². The van der Waals surface area contributed by atoms with E-state index >= 15 is 0 Å². The Morgan fingerprint density at radius 3 is 2.71 bits per heavy atom. The van der Waals surface area contributed by atoms with Crippen molar-refractivity contribution >= 4 is 5.91 Å². The van der Waals surface area contributed by atoms with Gasteiger partial charge in [0.15, 0.2) is 0 Å². The molecule has 4 rings (SSSR count). The SMILES string of the molecule is Cc1ccccc1CC(=O)N1CCCC[C@H]1c1nn(C)cc1-c1ccncc1. The number of likely N-dealkylation sites (tertiary alicyclic amines) is 1. The molecule has 0 spiro atoms. The summed E-state index contributed by atoms with van der Waals surface area (Å²) in [5.74, 6) is 0.185. The fraction of sp³-hybridized carbons (Fsp3) is 0.348. The van der Waals surface area contributed by atoms with E-state index in [1.807, 2.05) is 47.1 Å². The van der Waals surface area contributed by atoms with E-state index in [2.05, 4.69) is 24.0 Å². The molecule has 0 radical (unpaired) electrons. The third kappa shape index (κ3) is 3.70. The molecule has 3 heterocycles. The fourth-order valence-corrected chi connectivity index (χ4v) is 4.09. The molecule has 2 aromatic heterocycles. The Bertz CT molecular complexity index is 964. The van der Waals surface area contributed by atoms with Crippen molar-refractivity contribution in [1.29, 1.82) is 0 Å². The molecule has 5 heteroatoms. The zero-order chi connectivity index (χ0) is 19.5. The van der Waals surface area contributed by atoms with Crippen molar-refractivity contribution in [2.45, 2.75) is 38.6 Å². The van der Waals surface area contributed by atoms with E-state index in [1.54, 1.807) is 12.4 Å². The van der Waals surface area contributed by atoms with Gasteiger partial charge < -0.3 is 4.90 Å². The topological polar surface area (TPSA) is 51.0 Å². The van der Waals surface area contributed by atoms with Gasteiger partial charge in [-0.15, -0.1) is 0 Å². The van der Waals surface area contributed by atoms with Gasteiger partial charge in [0.2, 0.25) is 5.91 Å². The quantitative estimate of drug-likeness (QED) is 0.691. The second-order valence-electron chi connectivity index (χ2n) is 7.54. The highest BCUT2D eigenvalue weighted by Gasteiger charge is 2.31. The lowest BCUT2D eigenvalue weighted by atomic mass is 9.94. The average molecular weight is 374 g/mol. The van der Waals surface area contributed by atoms with Gasteiger partial charge in [-0.25, -0.2) is 0 Å². The standard InChI is InChI=1S/C23H26N4O/c1-17-7-3-4-8-19(17)15-22(28)27-14-6-5-9-21(27)23-20(16-26(2)25-23)18-10-12-24-13-11-18/h3-4,7-8,10-13,16,21H,5-6,9,14-15H2,1-2H3/t21-/m0/s1. The van der Waals surface area contributed by atoms with Crippen molar-refractivity contribution in [3.63, 3.8) is 0 Å². The Labute approximate surface area is 166 Å². The molecular weight excluding hydrogens is 348 g/mol. The highest BCUT2D eigenvalue weighted by molar-refractivity contribution is 5.80. The minimum atomic E-state index is 0.0228. The van der Waals surface area contributed by atoms with Crippen LogP contribution >= 0.6 is 0 Å². The number of hydrogen-bond acceptors (Lipinski definition) is 3. The first-order valence-electron chi connectivity index (χ1n) is 9.91. The maximum atomic E-state index is 13.2. The van der Waals surface area contributed by atoms with E-state index in [1.165, 1.54) is 5.56 Å². The second-order valence-corrected chi connectivity index (χ2v) is 7.54. The van der Waals surface area contributed by atoms with Gasteiger partial charge in [0.05, 0.1) is 18.2 Å². The molecule has 1 atom stereocenters. The zero-order valence-electron chi connectivity index (χ0n) is 16.5. The van der Waals surface area contributed by atoms with Crippen molar-refractivity contribution in [2.24, 2.45) is 7.05 Å². The number of aromatic nitrogens is 3. The van der Waals surface area contributed by atoms with Gasteiger partial charge in [-0.05, 0) is 55.0 Å². The Morgan fingerprint density at radius 1 is 1.14 bits per heavy atom. The van der Waals surface area contributed by atoms with Gasteiger partial charge >= 0.3 is 0 Å². The Kier molecular flexibility index (Phi) is 5.24. The van der Waals surface area contributed by atoms with Crippen molar-refractivity contribution in [1.82, 2.24) is 19.7 Å². The van der Waals surface area contributed by atoms with Crippen LogP contribution in [0.1, 0.15) is 42.1 Å². The molecular formula is C23H26N4O. The number of carbonyl (C=O) groups excluding carboxylic acids is 1. The molecule has 0 bridgehead atoms. The number of piperidine rings is 1. The Balaban J connectivity index is 1.65. The van der Waals surface area contributed by atoms with Crippen LogP contribution in [0.2, 0.25) is 0 Å². The number of benzene rings is 1. The summed E-state index contributed by atoms with van der Waals surface area (Å²) in [4.78, 5) is 19.4. The monoisotopic (exact) mass is 374 g/mol. The van der Waals surface area contributed by atoms with Gasteiger partial charge in [-0.1, -0.05) is 24.3 Å². The first-order valence-corrected chi connectivity index (χ1v) is 9.91. The summed E-state index contributed by atoms with van der Waals surface area (Å²) >= 11 is 0. The molecule has 0 saturated carbocycles. The van der Waals surface area contributed by atoms with E-state index in [4.69, 9.17) is 5.10 Å². The number of nitrogens with zero attached hydrogens (tertiary/aromatic N) is 4. The molecule has 0 unspecified atom stereocenters. The predicted molar refractivity (Wildman–Crippen MR) is 110 cm³/mol. The Hall–Kier alpha value is -2.95. The summed E-state index contributed by atoms with van der Waals surface area (Å²) in [6.07, 6.45) is 9.21. The third-order valence-electron chi connectivity index (χ3n) is 5.59. The molecule has 1 fully saturated rings. The molecule has 1 amide bonds. The highest BCUT2D eigenvalue weighted by Crippen LogP contribution is 2.36. The largest absolute Gasteiger partial charge is 0.334 e. The molecule has 1 aromatic carbocycles. The molecule has 1 saturated heterocycles. The van der Waals surface area contributed by atoms with Gasteiger partial charge in [0, 0.05) is 37.7 Å². The number of carbonyl (C=O) groups is 1. The third-order valence-corrected chi connectivity index (χ3v) is 5.59. The van der Waals surface area contributed by atoms with Gasteiger partial charge in [0.25, 0.3) is 0 Å². The number of aryl methyl sites for hydroxylation is 2. The van der Waals surface area contributed by atoms with Gasteiger partial charge in [-0.3, -0.25) is 14.5 Å². The van der Waals surface area contributed by atoms with Crippen molar-refractivity contribution < 1.29 is 4.79 Å². The first-order chi connectivity index (χ1) is 13.6. The summed E-state index contributed by atoms with van der Waals surface area (Å²) in [6.45, 7) is 2.86. The number of rotatable bonds is 4. The highest BCUT2D eigenvalue weighted by atomic mass is 16.2. The van der Waals surface area contributed by atoms with Crippen LogP contribution in [-0.2, 0) is 18.3 Å². The number of hydrogen-bond donors (Lipinski definition) is 0. The normalized spacial score (nSPS) is 16.9. The molecule has 1 aliphatic rings. The summed E-state index contributed by atoms with van der Waals surface area (Å²) in [5, 5.41) is 4.77. The lowest BCUT2D eigenvalue weighted by Crippen LogP contribution is -2.39. The van der Waals surface area contributed by atoms with Crippen LogP contribution in [0.3, 0.4) is 0 Å². The van der Waals surface area contributed by atoms with E-state index in [9.17, 15) is 4.79 Å². The molecule has 144 valence electrons. The maximum absolute atomic E-state index is 13.2. The minimum absolute atomic E-state index is 0.0228. The van der Waals surface area contributed by atoms with E-state index in [0.29, 0.717) is 6.42 Å². The summed E-state index contributed by atoms with van der Waals surface area (Å²) in [5.41, 5.74) is 5.44. The smallest absolute Gasteiger partial charge is 0.227 e. The second kappa shape index (κ2) is 7.97. The summed E-state index contributed by atoms with van der Waals surface area (Å²) in [6, 6.07) is 12.2. The molecule has 0 N–H and O–H groups in total. The first kappa shape index (κ1) is 18.4. The van der Waals surface area contributed by atoms with E-state index < -0.39 is 0 Å². The molecule has 1 aliphatic heterocycles. The molecule has 0 aliphatic carbocycles. The van der Waals surface area contributed by atoms with Crippen LogP contribution in [0.15, 0.2) is 55.0 Å². The lowest BCUT2D eigenvalue weighted by molar-refractivity contribution is -0.134. The van der Waals surface area contributed by atoms with Gasteiger partial charge in [0.1, 0.15) is 0 Å². The lowest BCUT2D eigenvalue weighted by Gasteiger charge is -2.35. The molecule has 28 heavy (non-hydrogen) atoms. The van der Waals surface area contributed by atoms with E-state index in [-0.39, 0.29) is 11.9 Å². The van der Waals surface area contributed by atoms with E-state index in [0.717, 1.165) is 48.2 Å². The van der Waals surface area contributed by atoms with Gasteiger partial charge in [-0.2, -0.15) is 5.10 Å². The molecule has 5 nitrogen and oxygen atoms in total. The van der Waals surface area contributed by atoms with Crippen molar-refractivity contribution in [3.05, 3.63) is 71.8 Å². The van der Waals surface area contributed by atoms with Crippen LogP contribution < -0.4 is 0 Å². The predicted octanol–water partition coefficient (Wildman–Crippen LogP) is 4.09. The summed E-state index contributed by atoms with van der Waals surface area (Å²) in [7, 11) is 1.94. The number of pyridine rings is 1. The van der Waals surface area contributed by atoms with Crippen molar-refractivity contribution in [3.8, 4) is 11.1 Å². The fourth-order valence-electron chi connectivity index (χ4n) is 4.09. The summed E-state index contributed by atoms with van der Waals surface area (Å²) < 4.78 is 1.85. The van der Waals surface area contributed by atoms with Crippen LogP contribution in [0.5, 0.6) is 0 Å². The Morgan fingerprint density at radius 2 is 1.93 bits per heavy atom. The van der Waals surface area contributed by atoms with Crippen LogP contribution in [-0.4, -0.2) is 32.1 Å². The minimum Gasteiger partial charge on any atom is -0.334 e. The van der Waals surface area contributed by atoms with Crippen LogP contribution in [0, 0.1) is 6.92 Å².